The van der Waals surface area contributed by atoms with E-state index in [0.717, 1.165) is 39.1 Å². The SMILES string of the molecule is CC(C)CNCC(C[NH-])C1C=C(NC2CNC2)C2=NCC=C2C1. The molecule has 2 unspecified atom stereocenters. The van der Waals surface area contributed by atoms with Gasteiger partial charge in [-0.25, -0.2) is 0 Å². The Balaban J connectivity index is 1.68. The Morgan fingerprint density at radius 1 is 1.35 bits per heavy atom. The molecule has 23 heavy (non-hydrogen) atoms. The number of nitrogens with one attached hydrogen (secondary N) is 4. The number of aliphatic imine (C=N–C) groups is 1. The standard InChI is InChI=1S/C18H30N5/c1-12(2)8-20-9-15(7-19)14-5-13-3-4-22-18(13)17(6-14)23-16-10-21-11-16/h3,6,12,14-16,19-21,23H,4-5,7-11H2,1-2H3/q-1. The molecule has 5 nitrogen and oxygen atoms in total. The molecular formula is C18H30N5-. The van der Waals surface area contributed by atoms with Gasteiger partial charge in [-0.1, -0.05) is 26.0 Å². The molecule has 0 bridgehead atoms. The minimum absolute atomic E-state index is 0.369. The lowest BCUT2D eigenvalue weighted by Gasteiger charge is -2.35. The monoisotopic (exact) mass is 316 g/mol. The summed E-state index contributed by atoms with van der Waals surface area (Å²) in [5.41, 5.74) is 11.7. The average molecular weight is 316 g/mol. The van der Waals surface area contributed by atoms with E-state index in [9.17, 15) is 0 Å². The number of allylic oxidation sites excluding steroid dienone is 2. The maximum absolute atomic E-state index is 7.98. The average Bonchev–Trinajstić information content (AvgIpc) is 2.95. The Hall–Kier alpha value is -1.17. The number of hydrogen-bond donors (Lipinski definition) is 3. The van der Waals surface area contributed by atoms with Gasteiger partial charge < -0.3 is 21.7 Å². The van der Waals surface area contributed by atoms with Gasteiger partial charge in [0.15, 0.2) is 0 Å². The molecule has 0 spiro atoms. The molecule has 3 aliphatic rings. The Bertz CT molecular complexity index is 502. The second kappa shape index (κ2) is 7.60. The zero-order chi connectivity index (χ0) is 16.2. The first-order valence-corrected chi connectivity index (χ1v) is 8.96. The van der Waals surface area contributed by atoms with Gasteiger partial charge >= 0.3 is 0 Å². The van der Waals surface area contributed by atoms with Crippen molar-refractivity contribution in [3.05, 3.63) is 29.2 Å². The molecule has 0 aromatic rings. The van der Waals surface area contributed by atoms with Gasteiger partial charge in [-0.2, -0.15) is 0 Å². The van der Waals surface area contributed by atoms with Gasteiger partial charge in [-0.3, -0.25) is 4.99 Å². The maximum Gasteiger partial charge on any atom is 0.0836 e. The normalized spacial score (nSPS) is 25.4. The maximum atomic E-state index is 7.98. The summed E-state index contributed by atoms with van der Waals surface area (Å²) in [6.07, 6.45) is 5.66. The van der Waals surface area contributed by atoms with E-state index in [1.807, 2.05) is 0 Å². The third kappa shape index (κ3) is 4.03. The van der Waals surface area contributed by atoms with Crippen LogP contribution in [0.25, 0.3) is 5.73 Å². The molecule has 4 N–H and O–H groups in total. The molecule has 3 rings (SSSR count). The molecule has 0 aromatic heterocycles. The van der Waals surface area contributed by atoms with Crippen molar-refractivity contribution in [1.29, 1.82) is 0 Å². The largest absolute Gasteiger partial charge is 0.677 e. The summed E-state index contributed by atoms with van der Waals surface area (Å²) < 4.78 is 0. The van der Waals surface area contributed by atoms with Gasteiger partial charge in [0.2, 0.25) is 0 Å². The van der Waals surface area contributed by atoms with E-state index < -0.39 is 0 Å². The Labute approximate surface area is 139 Å². The first kappa shape index (κ1) is 16.7. The van der Waals surface area contributed by atoms with Gasteiger partial charge in [-0.15, -0.1) is 6.54 Å². The van der Waals surface area contributed by atoms with Gasteiger partial charge in [0.1, 0.15) is 0 Å². The van der Waals surface area contributed by atoms with E-state index >= 15 is 0 Å². The van der Waals surface area contributed by atoms with Crippen molar-refractivity contribution in [1.82, 2.24) is 16.0 Å². The minimum Gasteiger partial charge on any atom is -0.677 e. The molecule has 5 heteroatoms. The van der Waals surface area contributed by atoms with Crippen LogP contribution < -0.4 is 16.0 Å². The zero-order valence-electron chi connectivity index (χ0n) is 14.4. The Morgan fingerprint density at radius 3 is 2.83 bits per heavy atom. The van der Waals surface area contributed by atoms with Crippen molar-refractivity contribution < 1.29 is 0 Å². The third-order valence-electron chi connectivity index (χ3n) is 4.95. The van der Waals surface area contributed by atoms with Gasteiger partial charge in [-0.05, 0) is 42.8 Å². The van der Waals surface area contributed by atoms with Crippen LogP contribution in [0.4, 0.5) is 0 Å². The highest BCUT2D eigenvalue weighted by atomic mass is 15.1. The molecule has 0 saturated carbocycles. The van der Waals surface area contributed by atoms with Crippen molar-refractivity contribution in [3.63, 3.8) is 0 Å². The van der Waals surface area contributed by atoms with E-state index in [-0.39, 0.29) is 0 Å². The fraction of sp³-hybridized carbons (Fsp3) is 0.722. The highest BCUT2D eigenvalue weighted by Crippen LogP contribution is 2.32. The van der Waals surface area contributed by atoms with E-state index in [1.165, 1.54) is 17.0 Å². The van der Waals surface area contributed by atoms with Crippen LogP contribution in [0.2, 0.25) is 0 Å². The molecule has 128 valence electrons. The molecule has 2 aliphatic heterocycles. The fourth-order valence-electron chi connectivity index (χ4n) is 3.45. The Kier molecular flexibility index (Phi) is 5.51. The van der Waals surface area contributed by atoms with Crippen molar-refractivity contribution >= 4 is 5.71 Å². The molecule has 1 saturated heterocycles. The summed E-state index contributed by atoms with van der Waals surface area (Å²) in [5.74, 6) is 1.46. The van der Waals surface area contributed by atoms with Crippen LogP contribution in [-0.4, -0.2) is 51.0 Å². The summed E-state index contributed by atoms with van der Waals surface area (Å²) in [5, 5.41) is 10.5. The minimum atomic E-state index is 0.369. The lowest BCUT2D eigenvalue weighted by atomic mass is 9.80. The van der Waals surface area contributed by atoms with Gasteiger partial charge in [0.05, 0.1) is 24.0 Å². The Morgan fingerprint density at radius 2 is 2.17 bits per heavy atom. The zero-order valence-corrected chi connectivity index (χ0v) is 14.4. The molecule has 2 heterocycles. The highest BCUT2D eigenvalue weighted by Gasteiger charge is 2.30. The van der Waals surface area contributed by atoms with Gasteiger partial charge in [0.25, 0.3) is 0 Å². The number of nitrogens with zero attached hydrogens (tertiary/aromatic N) is 1. The molecule has 2 atom stereocenters. The van der Waals surface area contributed by atoms with Crippen LogP contribution in [0.1, 0.15) is 20.3 Å². The second-order valence-corrected chi connectivity index (χ2v) is 7.38. The summed E-state index contributed by atoms with van der Waals surface area (Å²) in [7, 11) is 0. The second-order valence-electron chi connectivity index (χ2n) is 7.38. The van der Waals surface area contributed by atoms with Crippen molar-refractivity contribution in [2.75, 3.05) is 39.3 Å². The quantitative estimate of drug-likeness (QED) is 0.639. The van der Waals surface area contributed by atoms with Crippen LogP contribution in [0.5, 0.6) is 0 Å². The smallest absolute Gasteiger partial charge is 0.0836 e. The van der Waals surface area contributed by atoms with Crippen molar-refractivity contribution in [2.45, 2.75) is 26.3 Å². The lowest BCUT2D eigenvalue weighted by molar-refractivity contribution is 0.370. The highest BCUT2D eigenvalue weighted by molar-refractivity contribution is 6.14. The number of hydrogen-bond acceptors (Lipinski definition) is 4. The summed E-state index contributed by atoms with van der Waals surface area (Å²) in [6, 6.07) is 0.526. The lowest BCUT2D eigenvalue weighted by Crippen LogP contribution is -2.56. The molecule has 1 fully saturated rings. The summed E-state index contributed by atoms with van der Waals surface area (Å²) in [6.45, 7) is 9.77. The van der Waals surface area contributed by atoms with Crippen LogP contribution in [0.3, 0.4) is 0 Å². The predicted molar refractivity (Wildman–Crippen MR) is 96.8 cm³/mol. The van der Waals surface area contributed by atoms with E-state index in [4.69, 9.17) is 5.73 Å². The van der Waals surface area contributed by atoms with Crippen molar-refractivity contribution in [3.8, 4) is 0 Å². The van der Waals surface area contributed by atoms with Crippen LogP contribution in [0.15, 0.2) is 28.4 Å². The van der Waals surface area contributed by atoms with E-state index in [1.54, 1.807) is 0 Å². The number of rotatable bonds is 8. The summed E-state index contributed by atoms with van der Waals surface area (Å²) >= 11 is 0. The molecule has 0 aromatic carbocycles. The predicted octanol–water partition coefficient (Wildman–Crippen LogP) is 1.75. The molecule has 1 aliphatic carbocycles. The first-order chi connectivity index (χ1) is 11.2. The van der Waals surface area contributed by atoms with Crippen LogP contribution >= 0.6 is 0 Å². The first-order valence-electron chi connectivity index (χ1n) is 8.96. The fourth-order valence-corrected chi connectivity index (χ4v) is 3.45. The van der Waals surface area contributed by atoms with Crippen molar-refractivity contribution in [2.24, 2.45) is 22.7 Å². The van der Waals surface area contributed by atoms with Crippen LogP contribution in [-0.2, 0) is 0 Å². The topological polar surface area (TPSA) is 72.2 Å². The van der Waals surface area contributed by atoms with E-state index in [2.05, 4.69) is 46.9 Å². The van der Waals surface area contributed by atoms with Gasteiger partial charge in [0, 0.05) is 13.1 Å². The molecular weight excluding hydrogens is 286 g/mol. The van der Waals surface area contributed by atoms with Crippen LogP contribution in [0, 0.1) is 17.8 Å². The molecule has 0 amide bonds. The number of fused-ring (bicyclic) bond motifs is 1. The third-order valence-corrected chi connectivity index (χ3v) is 4.95. The summed E-state index contributed by atoms with van der Waals surface area (Å²) in [4.78, 5) is 4.67. The van der Waals surface area contributed by atoms with E-state index in [0.29, 0.717) is 30.3 Å². The molecule has 0 radical (unpaired) electrons.